The Morgan fingerprint density at radius 2 is 1.56 bits per heavy atom. The van der Waals surface area contributed by atoms with Crippen LogP contribution in [-0.4, -0.2) is 27.3 Å². The molecule has 0 bridgehead atoms. The Hall–Kier alpha value is -0.170. The molecule has 3 nitrogen and oxygen atoms in total. The Bertz CT molecular complexity index is 452. The number of aryl methyl sites for hydroxylation is 1. The second kappa shape index (κ2) is 13.1. The van der Waals surface area contributed by atoms with Gasteiger partial charge < -0.3 is 14.2 Å². The summed E-state index contributed by atoms with van der Waals surface area (Å²) in [6.45, 7) is 2.25. The smallest absolute Gasteiger partial charge is 0.285 e. The molecule has 1 aromatic rings. The third-order valence-corrected chi connectivity index (χ3v) is 5.82. The third-order valence-electron chi connectivity index (χ3n) is 4.94. The predicted octanol–water partition coefficient (Wildman–Crippen LogP) is 6.12. The molecule has 0 spiro atoms. The zero-order chi connectivity index (χ0) is 18.5. The average molecular weight is 462 g/mol. The number of alkyl halides is 1. The number of rotatable bonds is 14. The largest absolute Gasteiger partial charge is 0.331 e. The Morgan fingerprint density at radius 3 is 2.16 bits per heavy atom. The molecule has 144 valence electrons. The molecule has 0 amide bonds. The summed E-state index contributed by atoms with van der Waals surface area (Å²) in [5.41, 5.74) is 2.76. The van der Waals surface area contributed by atoms with Crippen LogP contribution in [0.1, 0.15) is 63.0 Å². The summed E-state index contributed by atoms with van der Waals surface area (Å²) in [6.07, 6.45) is 9.42. The van der Waals surface area contributed by atoms with Crippen LogP contribution in [0.4, 0.5) is 0 Å². The van der Waals surface area contributed by atoms with Gasteiger partial charge in [0.2, 0.25) is 0 Å². The van der Waals surface area contributed by atoms with Gasteiger partial charge in [0.15, 0.2) is 0 Å². The second-order valence-electron chi connectivity index (χ2n) is 6.61. The van der Waals surface area contributed by atoms with E-state index >= 15 is 0 Å². The molecule has 0 aliphatic carbocycles. The SMILES string of the molecule is CCCCCCCC(CCc1cccc(CI)c1)C(OC)(OC)OC. The first-order valence-electron chi connectivity index (χ1n) is 9.45. The van der Waals surface area contributed by atoms with Gasteiger partial charge in [0.05, 0.1) is 0 Å². The van der Waals surface area contributed by atoms with Gasteiger partial charge in [0.25, 0.3) is 5.97 Å². The van der Waals surface area contributed by atoms with Crippen molar-refractivity contribution in [3.05, 3.63) is 35.4 Å². The zero-order valence-corrected chi connectivity index (χ0v) is 18.5. The topological polar surface area (TPSA) is 27.7 Å². The Labute approximate surface area is 168 Å². The van der Waals surface area contributed by atoms with E-state index < -0.39 is 5.97 Å². The Kier molecular flexibility index (Phi) is 12.0. The second-order valence-corrected chi connectivity index (χ2v) is 7.37. The van der Waals surface area contributed by atoms with Gasteiger partial charge in [-0.05, 0) is 30.4 Å². The molecule has 0 radical (unpaired) electrons. The summed E-state index contributed by atoms with van der Waals surface area (Å²) in [7, 11) is 5.02. The Balaban J connectivity index is 2.71. The van der Waals surface area contributed by atoms with Gasteiger partial charge in [-0.15, -0.1) is 0 Å². The van der Waals surface area contributed by atoms with Crippen molar-refractivity contribution in [3.8, 4) is 0 Å². The first-order chi connectivity index (χ1) is 12.2. The standard InChI is InChI=1S/C21H35IO3/c1-5-6-7-8-9-13-20(21(23-2,24-3)25-4)15-14-18-11-10-12-19(16-18)17-22/h10-12,16,20H,5-9,13-15,17H2,1-4H3. The number of hydrogen-bond acceptors (Lipinski definition) is 3. The molecule has 0 N–H and O–H groups in total. The number of unbranched alkanes of at least 4 members (excludes halogenated alkanes) is 4. The predicted molar refractivity (Wildman–Crippen MR) is 113 cm³/mol. The third kappa shape index (κ3) is 7.53. The van der Waals surface area contributed by atoms with Crippen molar-refractivity contribution >= 4 is 22.6 Å². The van der Waals surface area contributed by atoms with Gasteiger partial charge in [-0.1, -0.05) is 85.9 Å². The zero-order valence-electron chi connectivity index (χ0n) is 16.4. The molecule has 0 saturated carbocycles. The molecular formula is C21H35IO3. The summed E-state index contributed by atoms with van der Waals surface area (Å²) < 4.78 is 18.0. The van der Waals surface area contributed by atoms with Crippen molar-refractivity contribution in [1.82, 2.24) is 0 Å². The highest BCUT2D eigenvalue weighted by Gasteiger charge is 2.39. The minimum atomic E-state index is -0.939. The maximum absolute atomic E-state index is 5.66. The van der Waals surface area contributed by atoms with Crippen LogP contribution in [-0.2, 0) is 25.1 Å². The van der Waals surface area contributed by atoms with Crippen LogP contribution in [0.15, 0.2) is 24.3 Å². The number of hydrogen-bond donors (Lipinski definition) is 0. The van der Waals surface area contributed by atoms with Crippen LogP contribution in [0.2, 0.25) is 0 Å². The quantitative estimate of drug-likeness (QED) is 0.144. The molecular weight excluding hydrogens is 427 g/mol. The minimum absolute atomic E-state index is 0.220. The summed E-state index contributed by atoms with van der Waals surface area (Å²) in [6, 6.07) is 8.85. The lowest BCUT2D eigenvalue weighted by molar-refractivity contribution is -0.380. The fourth-order valence-electron chi connectivity index (χ4n) is 3.45. The van der Waals surface area contributed by atoms with Gasteiger partial charge in [0.1, 0.15) is 0 Å². The van der Waals surface area contributed by atoms with Crippen molar-refractivity contribution in [2.75, 3.05) is 21.3 Å². The van der Waals surface area contributed by atoms with E-state index in [0.29, 0.717) is 0 Å². The maximum atomic E-state index is 5.66. The molecule has 0 saturated heterocycles. The highest BCUT2D eigenvalue weighted by atomic mass is 127. The van der Waals surface area contributed by atoms with Gasteiger partial charge >= 0.3 is 0 Å². The lowest BCUT2D eigenvalue weighted by Gasteiger charge is -2.36. The molecule has 4 heteroatoms. The molecule has 0 aliphatic rings. The van der Waals surface area contributed by atoms with Crippen LogP contribution in [0, 0.1) is 5.92 Å². The number of ether oxygens (including phenoxy) is 3. The highest BCUT2D eigenvalue weighted by molar-refractivity contribution is 14.1. The van der Waals surface area contributed by atoms with E-state index in [1.807, 2.05) is 0 Å². The van der Waals surface area contributed by atoms with Crippen LogP contribution in [0.5, 0.6) is 0 Å². The van der Waals surface area contributed by atoms with E-state index in [1.165, 1.54) is 43.2 Å². The van der Waals surface area contributed by atoms with Crippen LogP contribution < -0.4 is 0 Å². The molecule has 0 aromatic heterocycles. The molecule has 1 rings (SSSR count). The number of benzene rings is 1. The van der Waals surface area contributed by atoms with E-state index in [4.69, 9.17) is 14.2 Å². The number of halogens is 1. The minimum Gasteiger partial charge on any atom is -0.331 e. The molecule has 1 unspecified atom stereocenters. The summed E-state index contributed by atoms with van der Waals surface area (Å²) in [5.74, 6) is -0.719. The molecule has 0 aliphatic heterocycles. The van der Waals surface area contributed by atoms with Crippen molar-refractivity contribution < 1.29 is 14.2 Å². The average Bonchev–Trinajstić information content (AvgIpc) is 2.67. The fourth-order valence-corrected chi connectivity index (χ4v) is 3.93. The summed E-state index contributed by atoms with van der Waals surface area (Å²) in [4.78, 5) is 0. The fraction of sp³-hybridized carbons (Fsp3) is 0.714. The van der Waals surface area contributed by atoms with E-state index in [2.05, 4.69) is 53.8 Å². The van der Waals surface area contributed by atoms with Crippen molar-refractivity contribution in [2.45, 2.75) is 68.7 Å². The van der Waals surface area contributed by atoms with Crippen molar-refractivity contribution in [2.24, 2.45) is 5.92 Å². The van der Waals surface area contributed by atoms with Crippen LogP contribution in [0.25, 0.3) is 0 Å². The van der Waals surface area contributed by atoms with Crippen LogP contribution in [0.3, 0.4) is 0 Å². The summed E-state index contributed by atoms with van der Waals surface area (Å²) >= 11 is 2.41. The maximum Gasteiger partial charge on any atom is 0.285 e. The van der Waals surface area contributed by atoms with Gasteiger partial charge in [-0.2, -0.15) is 0 Å². The lowest BCUT2D eigenvalue weighted by atomic mass is 9.91. The molecule has 25 heavy (non-hydrogen) atoms. The van der Waals surface area contributed by atoms with E-state index in [-0.39, 0.29) is 5.92 Å². The lowest BCUT2D eigenvalue weighted by Crippen LogP contribution is -2.44. The van der Waals surface area contributed by atoms with Gasteiger partial charge in [-0.3, -0.25) is 0 Å². The molecule has 0 heterocycles. The van der Waals surface area contributed by atoms with E-state index in [9.17, 15) is 0 Å². The molecule has 0 fully saturated rings. The van der Waals surface area contributed by atoms with Gasteiger partial charge in [0, 0.05) is 31.7 Å². The monoisotopic (exact) mass is 462 g/mol. The Morgan fingerprint density at radius 1 is 0.920 bits per heavy atom. The molecule has 1 atom stereocenters. The highest BCUT2D eigenvalue weighted by Crippen LogP contribution is 2.32. The first kappa shape index (κ1) is 22.9. The van der Waals surface area contributed by atoms with Crippen LogP contribution >= 0.6 is 22.6 Å². The normalized spacial score (nSPS) is 13.2. The van der Waals surface area contributed by atoms with Gasteiger partial charge in [-0.25, -0.2) is 0 Å². The van der Waals surface area contributed by atoms with E-state index in [1.54, 1.807) is 21.3 Å². The molecule has 1 aromatic carbocycles. The van der Waals surface area contributed by atoms with E-state index in [0.717, 1.165) is 23.7 Å². The number of methoxy groups -OCH3 is 3. The summed E-state index contributed by atoms with van der Waals surface area (Å²) in [5, 5.41) is 0. The first-order valence-corrected chi connectivity index (χ1v) is 11.0. The van der Waals surface area contributed by atoms with Crippen molar-refractivity contribution in [1.29, 1.82) is 0 Å². The van der Waals surface area contributed by atoms with Crippen molar-refractivity contribution in [3.63, 3.8) is 0 Å².